The van der Waals surface area contributed by atoms with Crippen LogP contribution in [-0.2, 0) is 21.4 Å². The van der Waals surface area contributed by atoms with E-state index in [1.54, 1.807) is 12.1 Å². The monoisotopic (exact) mass is 483 g/mol. The number of carbonyl (C=O) groups excluding carboxylic acids is 1. The average Bonchev–Trinajstić information content (AvgIpc) is 3.33. The van der Waals surface area contributed by atoms with Crippen LogP contribution in [0.2, 0.25) is 0 Å². The molecule has 0 aliphatic carbocycles. The summed E-state index contributed by atoms with van der Waals surface area (Å²) < 4.78 is 29.9. The Morgan fingerprint density at radius 2 is 2.14 bits per heavy atom. The molecule has 28 heavy (non-hydrogen) atoms. The predicted molar refractivity (Wildman–Crippen MR) is 108 cm³/mol. The summed E-state index contributed by atoms with van der Waals surface area (Å²) in [6, 6.07) is 8.88. The summed E-state index contributed by atoms with van der Waals surface area (Å²) in [5.74, 6) is 0.0822. The minimum absolute atomic E-state index is 0.167. The molecular weight excluding hydrogens is 466 g/mol. The summed E-state index contributed by atoms with van der Waals surface area (Å²) in [4.78, 5) is 12.6. The zero-order valence-electron chi connectivity index (χ0n) is 14.8. The van der Waals surface area contributed by atoms with Gasteiger partial charge in [-0.05, 0) is 53.0 Å². The van der Waals surface area contributed by atoms with Gasteiger partial charge in [0.25, 0.3) is 10.0 Å². The van der Waals surface area contributed by atoms with Crippen molar-refractivity contribution < 1.29 is 13.2 Å². The lowest BCUT2D eigenvalue weighted by Crippen LogP contribution is -2.45. The Kier molecular flexibility index (Phi) is 5.50. The molecular formula is C17H18BrN5O3S2. The number of nitrogens with zero attached hydrogens (tertiary/aromatic N) is 4. The highest BCUT2D eigenvalue weighted by Crippen LogP contribution is 2.30. The molecule has 1 aliphatic rings. The molecule has 4 heterocycles. The smallest absolute Gasteiger partial charge is 0.252 e. The van der Waals surface area contributed by atoms with Gasteiger partial charge in [0.05, 0.1) is 16.2 Å². The Hall–Kier alpha value is -1.82. The summed E-state index contributed by atoms with van der Waals surface area (Å²) in [6.45, 7) is 0.853. The van der Waals surface area contributed by atoms with Gasteiger partial charge in [0.2, 0.25) is 5.91 Å². The molecule has 1 unspecified atom stereocenters. The molecule has 11 heteroatoms. The maximum absolute atomic E-state index is 12.8. The third kappa shape index (κ3) is 3.84. The normalized spacial score (nSPS) is 18.4. The zero-order valence-corrected chi connectivity index (χ0v) is 18.0. The number of fused-ring (bicyclic) bond motifs is 1. The number of rotatable bonds is 5. The van der Waals surface area contributed by atoms with Crippen molar-refractivity contribution in [3.8, 4) is 0 Å². The van der Waals surface area contributed by atoms with Gasteiger partial charge in [0, 0.05) is 19.3 Å². The first-order chi connectivity index (χ1) is 13.4. The lowest BCUT2D eigenvalue weighted by molar-refractivity contribution is -0.126. The maximum atomic E-state index is 12.8. The largest absolute Gasteiger partial charge is 0.349 e. The number of pyridine rings is 1. The Bertz CT molecular complexity index is 1110. The van der Waals surface area contributed by atoms with Crippen LogP contribution in [0.1, 0.15) is 18.7 Å². The quantitative estimate of drug-likeness (QED) is 0.600. The molecule has 8 nitrogen and oxygen atoms in total. The second-order valence-electron chi connectivity index (χ2n) is 6.52. The number of thiophene rings is 1. The van der Waals surface area contributed by atoms with E-state index in [0.29, 0.717) is 30.9 Å². The number of piperidine rings is 1. The zero-order chi connectivity index (χ0) is 19.7. The first kappa shape index (κ1) is 19.5. The van der Waals surface area contributed by atoms with Gasteiger partial charge >= 0.3 is 0 Å². The van der Waals surface area contributed by atoms with E-state index in [1.165, 1.54) is 15.6 Å². The van der Waals surface area contributed by atoms with Crippen LogP contribution < -0.4 is 5.32 Å². The van der Waals surface area contributed by atoms with Crippen molar-refractivity contribution in [2.24, 2.45) is 5.92 Å². The topological polar surface area (TPSA) is 96.7 Å². The molecule has 1 atom stereocenters. The van der Waals surface area contributed by atoms with Crippen LogP contribution >= 0.6 is 27.3 Å². The van der Waals surface area contributed by atoms with Gasteiger partial charge in [-0.25, -0.2) is 8.42 Å². The third-order valence-electron chi connectivity index (χ3n) is 4.70. The molecule has 3 aromatic heterocycles. The Morgan fingerprint density at radius 1 is 1.29 bits per heavy atom. The fourth-order valence-corrected chi connectivity index (χ4v) is 6.95. The molecule has 0 spiro atoms. The maximum Gasteiger partial charge on any atom is 0.252 e. The van der Waals surface area contributed by atoms with Gasteiger partial charge in [0.1, 0.15) is 4.21 Å². The van der Waals surface area contributed by atoms with Crippen LogP contribution in [0, 0.1) is 5.92 Å². The number of carbonyl (C=O) groups is 1. The molecule has 0 saturated carbocycles. The summed E-state index contributed by atoms with van der Waals surface area (Å²) in [5.41, 5.74) is 0.712. The molecule has 1 saturated heterocycles. The Labute approximate surface area is 174 Å². The van der Waals surface area contributed by atoms with Crippen molar-refractivity contribution >= 4 is 48.8 Å². The van der Waals surface area contributed by atoms with Crippen LogP contribution in [-0.4, -0.2) is 46.3 Å². The van der Waals surface area contributed by atoms with E-state index in [1.807, 2.05) is 28.8 Å². The fourth-order valence-electron chi connectivity index (χ4n) is 3.26. The SMILES string of the molecule is O=C(NCc1nnc2ccccn12)C1CCCN(S(=O)(=O)c2ccc(Br)s2)C1. The van der Waals surface area contributed by atoms with Gasteiger partial charge in [-0.3, -0.25) is 9.20 Å². The minimum Gasteiger partial charge on any atom is -0.349 e. The van der Waals surface area contributed by atoms with Crippen LogP contribution in [0.15, 0.2) is 44.5 Å². The molecule has 148 valence electrons. The molecule has 1 aliphatic heterocycles. The van der Waals surface area contributed by atoms with E-state index >= 15 is 0 Å². The van der Waals surface area contributed by atoms with Crippen LogP contribution in [0.4, 0.5) is 0 Å². The molecule has 1 N–H and O–H groups in total. The van der Waals surface area contributed by atoms with E-state index in [9.17, 15) is 13.2 Å². The first-order valence-electron chi connectivity index (χ1n) is 8.77. The van der Waals surface area contributed by atoms with E-state index in [2.05, 4.69) is 31.4 Å². The van der Waals surface area contributed by atoms with Crippen molar-refractivity contribution in [2.75, 3.05) is 13.1 Å². The number of nitrogens with one attached hydrogen (secondary N) is 1. The summed E-state index contributed by atoms with van der Waals surface area (Å²) in [7, 11) is -3.58. The number of hydrogen-bond acceptors (Lipinski definition) is 6. The number of amides is 1. The van der Waals surface area contributed by atoms with Gasteiger partial charge in [-0.15, -0.1) is 21.5 Å². The molecule has 4 rings (SSSR count). The van der Waals surface area contributed by atoms with Crippen molar-refractivity contribution in [2.45, 2.75) is 23.6 Å². The summed E-state index contributed by atoms with van der Waals surface area (Å²) in [6.07, 6.45) is 3.15. The highest BCUT2D eigenvalue weighted by Gasteiger charge is 2.34. The standard InChI is InChI=1S/C17H18BrN5O3S2/c18-13-6-7-16(27-13)28(25,26)22-8-3-4-12(11-22)17(24)19-10-15-21-20-14-5-1-2-9-23(14)15/h1-2,5-7,9,12H,3-4,8,10-11H2,(H,19,24). The molecule has 0 radical (unpaired) electrons. The van der Waals surface area contributed by atoms with Crippen molar-refractivity contribution in [3.05, 3.63) is 46.1 Å². The molecule has 0 aromatic carbocycles. The van der Waals surface area contributed by atoms with Crippen LogP contribution in [0.25, 0.3) is 5.65 Å². The highest BCUT2D eigenvalue weighted by molar-refractivity contribution is 9.11. The first-order valence-corrected chi connectivity index (χ1v) is 11.8. The van der Waals surface area contributed by atoms with Gasteiger partial charge in [-0.1, -0.05) is 6.07 Å². The van der Waals surface area contributed by atoms with E-state index in [4.69, 9.17) is 0 Å². The summed E-state index contributed by atoms with van der Waals surface area (Å²) >= 11 is 4.47. The molecule has 1 amide bonds. The third-order valence-corrected chi connectivity index (χ3v) is 8.66. The highest BCUT2D eigenvalue weighted by atomic mass is 79.9. The fraction of sp³-hybridized carbons (Fsp3) is 0.353. The minimum atomic E-state index is -3.58. The van der Waals surface area contributed by atoms with Crippen molar-refractivity contribution in [3.63, 3.8) is 0 Å². The number of sulfonamides is 1. The van der Waals surface area contributed by atoms with Crippen molar-refractivity contribution in [1.82, 2.24) is 24.2 Å². The lowest BCUT2D eigenvalue weighted by atomic mass is 9.99. The van der Waals surface area contributed by atoms with E-state index in [-0.39, 0.29) is 29.1 Å². The lowest BCUT2D eigenvalue weighted by Gasteiger charge is -2.30. The average molecular weight is 484 g/mol. The van der Waals surface area contributed by atoms with Crippen LogP contribution in [0.5, 0.6) is 0 Å². The summed E-state index contributed by atoms with van der Waals surface area (Å²) in [5, 5.41) is 11.0. The number of hydrogen-bond donors (Lipinski definition) is 1. The second-order valence-corrected chi connectivity index (χ2v) is 11.2. The van der Waals surface area contributed by atoms with E-state index < -0.39 is 10.0 Å². The molecule has 1 fully saturated rings. The number of halogens is 1. The van der Waals surface area contributed by atoms with Crippen LogP contribution in [0.3, 0.4) is 0 Å². The van der Waals surface area contributed by atoms with Crippen molar-refractivity contribution in [1.29, 1.82) is 0 Å². The predicted octanol–water partition coefficient (Wildman–Crippen LogP) is 2.27. The second kappa shape index (κ2) is 7.90. The number of aromatic nitrogens is 3. The van der Waals surface area contributed by atoms with Gasteiger partial charge < -0.3 is 5.32 Å². The molecule has 0 bridgehead atoms. The van der Waals surface area contributed by atoms with E-state index in [0.717, 1.165) is 3.79 Å². The Balaban J connectivity index is 1.42. The molecule has 3 aromatic rings. The Morgan fingerprint density at radius 3 is 2.93 bits per heavy atom. The van der Waals surface area contributed by atoms with Gasteiger partial charge in [0.15, 0.2) is 11.5 Å². The van der Waals surface area contributed by atoms with Gasteiger partial charge in [-0.2, -0.15) is 4.31 Å².